The van der Waals surface area contributed by atoms with Gasteiger partial charge in [-0.05, 0) is 25.0 Å². The van der Waals surface area contributed by atoms with Crippen LogP contribution in [0.4, 0.5) is 11.4 Å². The van der Waals surface area contributed by atoms with E-state index in [1.807, 2.05) is 21.1 Å². The molecule has 19 heavy (non-hydrogen) atoms. The summed E-state index contributed by atoms with van der Waals surface area (Å²) in [5.41, 5.74) is 4.29. The first-order chi connectivity index (χ1) is 9.13. The second-order valence-electron chi connectivity index (χ2n) is 5.20. The number of anilines is 2. The molecule has 1 aromatic carbocycles. The third kappa shape index (κ3) is 1.72. The maximum Gasteiger partial charge on any atom is 0.328 e. The van der Waals surface area contributed by atoms with E-state index < -0.39 is 0 Å². The van der Waals surface area contributed by atoms with Crippen molar-refractivity contribution in [3.8, 4) is 0 Å². The zero-order valence-electron chi connectivity index (χ0n) is 11.7. The third-order valence-corrected chi connectivity index (χ3v) is 4.11. The van der Waals surface area contributed by atoms with Crippen LogP contribution >= 0.6 is 0 Å². The number of aryl methyl sites for hydroxylation is 2. The van der Waals surface area contributed by atoms with E-state index in [-0.39, 0.29) is 5.69 Å². The van der Waals surface area contributed by atoms with Gasteiger partial charge in [-0.2, -0.15) is 0 Å². The van der Waals surface area contributed by atoms with Crippen LogP contribution in [0.1, 0.15) is 12.8 Å². The molecule has 1 saturated heterocycles. The monoisotopic (exact) mass is 260 g/mol. The Morgan fingerprint density at radius 3 is 2.21 bits per heavy atom. The van der Waals surface area contributed by atoms with Crippen LogP contribution in [0.2, 0.25) is 0 Å². The van der Waals surface area contributed by atoms with Gasteiger partial charge in [-0.25, -0.2) is 4.79 Å². The van der Waals surface area contributed by atoms with Gasteiger partial charge in [0, 0.05) is 34.2 Å². The molecule has 3 rings (SSSR count). The van der Waals surface area contributed by atoms with E-state index in [1.165, 1.54) is 18.5 Å². The number of aromatic nitrogens is 2. The maximum atomic E-state index is 12.0. The number of fused-ring (bicyclic) bond motifs is 1. The van der Waals surface area contributed by atoms with Crippen molar-refractivity contribution in [3.63, 3.8) is 0 Å². The van der Waals surface area contributed by atoms with Crippen molar-refractivity contribution in [2.24, 2.45) is 14.1 Å². The van der Waals surface area contributed by atoms with Gasteiger partial charge in [0.15, 0.2) is 0 Å². The van der Waals surface area contributed by atoms with Crippen LogP contribution in [-0.4, -0.2) is 29.3 Å². The van der Waals surface area contributed by atoms with Crippen LogP contribution < -0.4 is 15.9 Å². The average molecular weight is 260 g/mol. The summed E-state index contributed by atoms with van der Waals surface area (Å²) >= 11 is 0. The quantitative estimate of drug-likeness (QED) is 0.890. The summed E-state index contributed by atoms with van der Waals surface area (Å²) in [6.07, 6.45) is 2.49. The number of hydrogen-bond acceptors (Lipinski definition) is 3. The van der Waals surface area contributed by atoms with E-state index >= 15 is 0 Å². The summed E-state index contributed by atoms with van der Waals surface area (Å²) in [5, 5.41) is 3.25. The van der Waals surface area contributed by atoms with Crippen LogP contribution in [-0.2, 0) is 14.1 Å². The number of imidazole rings is 1. The summed E-state index contributed by atoms with van der Waals surface area (Å²) in [6.45, 7) is 2.20. The minimum absolute atomic E-state index is 0.0237. The normalized spacial score (nSPS) is 15.4. The highest BCUT2D eigenvalue weighted by Crippen LogP contribution is 2.32. The largest absolute Gasteiger partial charge is 0.386 e. The van der Waals surface area contributed by atoms with Crippen LogP contribution in [0.15, 0.2) is 16.9 Å². The fraction of sp³-hybridized carbons (Fsp3) is 0.500. The van der Waals surface area contributed by atoms with E-state index in [2.05, 4.69) is 22.3 Å². The third-order valence-electron chi connectivity index (χ3n) is 4.11. The van der Waals surface area contributed by atoms with E-state index in [9.17, 15) is 4.79 Å². The number of nitrogens with one attached hydrogen (secondary N) is 1. The number of hydrogen-bond donors (Lipinski definition) is 1. The first-order valence-electron chi connectivity index (χ1n) is 6.75. The summed E-state index contributed by atoms with van der Waals surface area (Å²) in [5.74, 6) is 0. The fourth-order valence-corrected chi connectivity index (χ4v) is 2.95. The molecule has 2 heterocycles. The van der Waals surface area contributed by atoms with Gasteiger partial charge in [-0.3, -0.25) is 9.13 Å². The Morgan fingerprint density at radius 2 is 1.63 bits per heavy atom. The van der Waals surface area contributed by atoms with Gasteiger partial charge in [-0.1, -0.05) is 0 Å². The van der Waals surface area contributed by atoms with Gasteiger partial charge in [0.25, 0.3) is 0 Å². The lowest BCUT2D eigenvalue weighted by atomic mass is 10.2. The van der Waals surface area contributed by atoms with Gasteiger partial charge in [0.05, 0.1) is 22.4 Å². The lowest BCUT2D eigenvalue weighted by molar-refractivity contribution is 0.795. The van der Waals surface area contributed by atoms with E-state index in [0.717, 1.165) is 29.8 Å². The smallest absolute Gasteiger partial charge is 0.328 e. The molecule has 5 nitrogen and oxygen atoms in total. The minimum Gasteiger partial charge on any atom is -0.386 e. The molecule has 0 saturated carbocycles. The number of rotatable bonds is 2. The molecule has 102 valence electrons. The van der Waals surface area contributed by atoms with Gasteiger partial charge >= 0.3 is 5.69 Å². The van der Waals surface area contributed by atoms with E-state index in [4.69, 9.17) is 0 Å². The molecule has 1 aromatic heterocycles. The fourth-order valence-electron chi connectivity index (χ4n) is 2.95. The standard InChI is InChI=1S/C14H20N4O/c1-15-10-8-12-13(17(3)14(19)16(12)2)9-11(10)18-6-4-5-7-18/h8-9,15H,4-7H2,1-3H3. The highest BCUT2D eigenvalue weighted by Gasteiger charge is 2.18. The van der Waals surface area contributed by atoms with Crippen molar-refractivity contribution in [1.29, 1.82) is 0 Å². The van der Waals surface area contributed by atoms with Crippen LogP contribution in [0, 0.1) is 0 Å². The van der Waals surface area contributed by atoms with Crippen molar-refractivity contribution < 1.29 is 0 Å². The van der Waals surface area contributed by atoms with E-state index in [0.29, 0.717) is 0 Å². The highest BCUT2D eigenvalue weighted by molar-refractivity contribution is 5.88. The van der Waals surface area contributed by atoms with Crippen molar-refractivity contribution in [1.82, 2.24) is 9.13 Å². The molecule has 1 aliphatic heterocycles. The Morgan fingerprint density at radius 1 is 1.05 bits per heavy atom. The summed E-state index contributed by atoms with van der Waals surface area (Å²) < 4.78 is 3.41. The molecule has 0 radical (unpaired) electrons. The average Bonchev–Trinajstić information content (AvgIpc) is 3.03. The lowest BCUT2D eigenvalue weighted by Gasteiger charge is -2.21. The second-order valence-corrected chi connectivity index (χ2v) is 5.20. The second kappa shape index (κ2) is 4.33. The Kier molecular flexibility index (Phi) is 2.77. The molecule has 0 spiro atoms. The predicted octanol–water partition coefficient (Wildman–Crippen LogP) is 1.52. The van der Waals surface area contributed by atoms with Gasteiger partial charge in [0.1, 0.15) is 0 Å². The molecule has 1 N–H and O–H groups in total. The van der Waals surface area contributed by atoms with Gasteiger partial charge in [0.2, 0.25) is 0 Å². The van der Waals surface area contributed by atoms with Gasteiger partial charge in [-0.15, -0.1) is 0 Å². The minimum atomic E-state index is 0.0237. The number of nitrogens with zero attached hydrogens (tertiary/aromatic N) is 3. The zero-order chi connectivity index (χ0) is 13.6. The van der Waals surface area contributed by atoms with Crippen molar-refractivity contribution in [2.45, 2.75) is 12.8 Å². The van der Waals surface area contributed by atoms with Crippen molar-refractivity contribution >= 4 is 22.4 Å². The molecule has 1 aliphatic rings. The van der Waals surface area contributed by atoms with E-state index in [1.54, 1.807) is 9.13 Å². The number of benzene rings is 1. The summed E-state index contributed by atoms with van der Waals surface area (Å²) in [6, 6.07) is 4.21. The Hall–Kier alpha value is -1.91. The lowest BCUT2D eigenvalue weighted by Crippen LogP contribution is -2.19. The maximum absolute atomic E-state index is 12.0. The Bertz CT molecular complexity index is 677. The molecule has 0 atom stereocenters. The molecule has 0 aliphatic carbocycles. The first-order valence-corrected chi connectivity index (χ1v) is 6.75. The molecule has 2 aromatic rings. The summed E-state index contributed by atoms with van der Waals surface area (Å²) in [4.78, 5) is 14.4. The molecule has 0 amide bonds. The van der Waals surface area contributed by atoms with Crippen LogP contribution in [0.3, 0.4) is 0 Å². The molecule has 5 heteroatoms. The summed E-state index contributed by atoms with van der Waals surface area (Å²) in [7, 11) is 5.58. The van der Waals surface area contributed by atoms with Crippen molar-refractivity contribution in [2.75, 3.05) is 30.4 Å². The molecule has 0 bridgehead atoms. The predicted molar refractivity (Wildman–Crippen MR) is 79.2 cm³/mol. The van der Waals surface area contributed by atoms with Crippen LogP contribution in [0.25, 0.3) is 11.0 Å². The van der Waals surface area contributed by atoms with Crippen LogP contribution in [0.5, 0.6) is 0 Å². The molecular formula is C14H20N4O. The topological polar surface area (TPSA) is 42.2 Å². The van der Waals surface area contributed by atoms with Crippen molar-refractivity contribution in [3.05, 3.63) is 22.6 Å². The highest BCUT2D eigenvalue weighted by atomic mass is 16.1. The molecular weight excluding hydrogens is 240 g/mol. The Labute approximate surface area is 112 Å². The Balaban J connectivity index is 2.27. The zero-order valence-corrected chi connectivity index (χ0v) is 11.7. The SMILES string of the molecule is CNc1cc2c(cc1N1CCCC1)n(C)c(=O)n2C. The van der Waals surface area contributed by atoms with Gasteiger partial charge < -0.3 is 10.2 Å². The first kappa shape index (κ1) is 12.1. The molecule has 1 fully saturated rings. The molecule has 0 unspecified atom stereocenters.